The van der Waals surface area contributed by atoms with Gasteiger partial charge in [0.15, 0.2) is 5.76 Å². The predicted molar refractivity (Wildman–Crippen MR) is 89.9 cm³/mol. The summed E-state index contributed by atoms with van der Waals surface area (Å²) in [7, 11) is 0. The largest absolute Gasteiger partial charge is 0.484 e. The van der Waals surface area contributed by atoms with Crippen molar-refractivity contribution < 1.29 is 19.1 Å². The molecule has 0 aliphatic heterocycles. The van der Waals surface area contributed by atoms with E-state index in [0.29, 0.717) is 23.5 Å². The number of para-hydroxylation sites is 1. The Morgan fingerprint density at radius 3 is 2.88 bits per heavy atom. The molecule has 2 N–H and O–H groups in total. The fourth-order valence-electron chi connectivity index (χ4n) is 2.93. The normalized spacial score (nSPS) is 19.8. The Balaban J connectivity index is 1.58. The van der Waals surface area contributed by atoms with E-state index in [-0.39, 0.29) is 24.3 Å². The van der Waals surface area contributed by atoms with Gasteiger partial charge in [0, 0.05) is 0 Å². The number of hydrogen-bond donors (Lipinski definition) is 2. The number of rotatable bonds is 5. The van der Waals surface area contributed by atoms with Gasteiger partial charge in [-0.1, -0.05) is 25.0 Å². The van der Waals surface area contributed by atoms with Gasteiger partial charge in [-0.25, -0.2) is 0 Å². The molecule has 0 bridgehead atoms. The highest BCUT2D eigenvalue weighted by molar-refractivity contribution is 5.91. The number of nitrogens with zero attached hydrogens (tertiary/aromatic N) is 1. The van der Waals surface area contributed by atoms with Crippen molar-refractivity contribution in [1.29, 1.82) is 5.26 Å². The third-order valence-corrected chi connectivity index (χ3v) is 4.31. The number of carbonyl (C=O) groups is 1. The summed E-state index contributed by atoms with van der Waals surface area (Å²) in [6.07, 6.45) is 2.96. The van der Waals surface area contributed by atoms with Gasteiger partial charge in [-0.3, -0.25) is 4.79 Å². The average Bonchev–Trinajstić information content (AvgIpc) is 3.11. The van der Waals surface area contributed by atoms with Crippen molar-refractivity contribution in [2.24, 2.45) is 0 Å². The maximum Gasteiger partial charge on any atom is 0.287 e. The van der Waals surface area contributed by atoms with Crippen LogP contribution in [0, 0.1) is 11.3 Å². The first kappa shape index (κ1) is 17.1. The minimum atomic E-state index is -0.502. The van der Waals surface area contributed by atoms with Crippen LogP contribution in [0.5, 0.6) is 5.75 Å². The lowest BCUT2D eigenvalue weighted by Gasteiger charge is -2.27. The second-order valence-electron chi connectivity index (χ2n) is 6.09. The molecule has 2 atom stereocenters. The molecule has 0 spiro atoms. The van der Waals surface area contributed by atoms with E-state index in [9.17, 15) is 9.90 Å². The minimum absolute atomic E-state index is 0.123. The van der Waals surface area contributed by atoms with E-state index in [0.717, 1.165) is 19.3 Å². The first-order valence-electron chi connectivity index (χ1n) is 8.37. The standard InChI is InChI=1S/C19H20N2O4/c20-11-13-5-1-4-8-17(13)24-12-14-9-10-18(25-14)19(23)21-15-6-2-3-7-16(15)22/h1,4-5,8-10,15-16,22H,2-3,6-7,12H2,(H,21,23). The Kier molecular flexibility index (Phi) is 5.36. The molecule has 1 aliphatic carbocycles. The molecule has 1 aromatic carbocycles. The molecule has 2 aromatic rings. The number of carbonyl (C=O) groups excluding carboxylic acids is 1. The van der Waals surface area contributed by atoms with Crippen LogP contribution in [0.4, 0.5) is 0 Å². The first-order chi connectivity index (χ1) is 12.2. The molecule has 25 heavy (non-hydrogen) atoms. The van der Waals surface area contributed by atoms with Gasteiger partial charge in [-0.15, -0.1) is 0 Å². The van der Waals surface area contributed by atoms with Crippen molar-refractivity contribution in [3.8, 4) is 11.8 Å². The topological polar surface area (TPSA) is 95.5 Å². The van der Waals surface area contributed by atoms with Gasteiger partial charge in [0.2, 0.25) is 0 Å². The molecule has 1 amide bonds. The zero-order chi connectivity index (χ0) is 17.6. The Hall–Kier alpha value is -2.78. The van der Waals surface area contributed by atoms with Crippen LogP contribution in [-0.4, -0.2) is 23.2 Å². The summed E-state index contributed by atoms with van der Waals surface area (Å²) in [4.78, 5) is 12.2. The molecular weight excluding hydrogens is 320 g/mol. The lowest BCUT2D eigenvalue weighted by Crippen LogP contribution is -2.44. The Morgan fingerprint density at radius 1 is 1.28 bits per heavy atom. The van der Waals surface area contributed by atoms with Crippen molar-refractivity contribution in [2.75, 3.05) is 0 Å². The van der Waals surface area contributed by atoms with Gasteiger partial charge in [0.1, 0.15) is 24.2 Å². The highest BCUT2D eigenvalue weighted by Gasteiger charge is 2.25. The van der Waals surface area contributed by atoms with Gasteiger partial charge < -0.3 is 19.6 Å². The van der Waals surface area contributed by atoms with Crippen LogP contribution in [-0.2, 0) is 6.61 Å². The van der Waals surface area contributed by atoms with Crippen LogP contribution in [0.3, 0.4) is 0 Å². The van der Waals surface area contributed by atoms with E-state index in [1.165, 1.54) is 0 Å². The van der Waals surface area contributed by atoms with Crippen molar-refractivity contribution in [2.45, 2.75) is 44.4 Å². The number of nitriles is 1. The minimum Gasteiger partial charge on any atom is -0.484 e. The van der Waals surface area contributed by atoms with Crippen LogP contribution in [0.15, 0.2) is 40.8 Å². The quantitative estimate of drug-likeness (QED) is 0.872. The lowest BCUT2D eigenvalue weighted by molar-refractivity contribution is 0.0695. The number of hydrogen-bond acceptors (Lipinski definition) is 5. The van der Waals surface area contributed by atoms with Crippen molar-refractivity contribution in [3.63, 3.8) is 0 Å². The average molecular weight is 340 g/mol. The molecule has 1 aromatic heterocycles. The van der Waals surface area contributed by atoms with E-state index >= 15 is 0 Å². The highest BCUT2D eigenvalue weighted by atomic mass is 16.5. The zero-order valence-electron chi connectivity index (χ0n) is 13.8. The molecule has 3 rings (SSSR count). The molecule has 6 heteroatoms. The molecule has 2 unspecified atom stereocenters. The molecule has 1 saturated carbocycles. The van der Waals surface area contributed by atoms with Crippen LogP contribution in [0.2, 0.25) is 0 Å². The maximum atomic E-state index is 12.2. The molecule has 0 radical (unpaired) electrons. The molecule has 6 nitrogen and oxygen atoms in total. The summed E-state index contributed by atoms with van der Waals surface area (Å²) >= 11 is 0. The summed E-state index contributed by atoms with van der Waals surface area (Å²) in [5.41, 5.74) is 0.443. The Morgan fingerprint density at radius 2 is 2.08 bits per heavy atom. The van der Waals surface area contributed by atoms with E-state index < -0.39 is 6.10 Å². The highest BCUT2D eigenvalue weighted by Crippen LogP contribution is 2.20. The van der Waals surface area contributed by atoms with Gasteiger partial charge in [0.25, 0.3) is 5.91 Å². The van der Waals surface area contributed by atoms with Crippen LogP contribution >= 0.6 is 0 Å². The van der Waals surface area contributed by atoms with E-state index in [1.54, 1.807) is 36.4 Å². The third kappa shape index (κ3) is 4.20. The van der Waals surface area contributed by atoms with Crippen molar-refractivity contribution >= 4 is 5.91 Å². The molecule has 0 saturated heterocycles. The molecule has 130 valence electrons. The zero-order valence-corrected chi connectivity index (χ0v) is 13.8. The van der Waals surface area contributed by atoms with Gasteiger partial charge >= 0.3 is 0 Å². The second-order valence-corrected chi connectivity index (χ2v) is 6.09. The van der Waals surface area contributed by atoms with Gasteiger partial charge in [0.05, 0.1) is 17.7 Å². The fourth-order valence-corrected chi connectivity index (χ4v) is 2.93. The summed E-state index contributed by atoms with van der Waals surface area (Å²) in [6.45, 7) is 0.123. The van der Waals surface area contributed by atoms with Crippen molar-refractivity contribution in [3.05, 3.63) is 53.5 Å². The first-order valence-corrected chi connectivity index (χ1v) is 8.37. The predicted octanol–water partition coefficient (Wildman–Crippen LogP) is 2.76. The number of amides is 1. The van der Waals surface area contributed by atoms with E-state index in [1.807, 2.05) is 0 Å². The SMILES string of the molecule is N#Cc1ccccc1OCc1ccc(C(=O)NC2CCCCC2O)o1. The lowest BCUT2D eigenvalue weighted by atomic mass is 9.92. The molecule has 1 fully saturated rings. The fraction of sp³-hybridized carbons (Fsp3) is 0.368. The smallest absolute Gasteiger partial charge is 0.287 e. The van der Waals surface area contributed by atoms with Crippen molar-refractivity contribution in [1.82, 2.24) is 5.32 Å². The summed E-state index contributed by atoms with van der Waals surface area (Å²) in [5.74, 6) is 0.805. The summed E-state index contributed by atoms with van der Waals surface area (Å²) < 4.78 is 11.1. The summed E-state index contributed by atoms with van der Waals surface area (Å²) in [6, 6.07) is 12.0. The van der Waals surface area contributed by atoms with Gasteiger partial charge in [-0.05, 0) is 37.1 Å². The number of aliphatic hydroxyl groups excluding tert-OH is 1. The van der Waals surface area contributed by atoms with Crippen LogP contribution < -0.4 is 10.1 Å². The molecular formula is C19H20N2O4. The van der Waals surface area contributed by atoms with E-state index in [2.05, 4.69) is 11.4 Å². The van der Waals surface area contributed by atoms with Gasteiger partial charge in [-0.2, -0.15) is 5.26 Å². The monoisotopic (exact) mass is 340 g/mol. The second kappa shape index (κ2) is 7.86. The maximum absolute atomic E-state index is 12.2. The van der Waals surface area contributed by atoms with E-state index in [4.69, 9.17) is 14.4 Å². The number of nitrogens with one attached hydrogen (secondary N) is 1. The molecule has 1 aliphatic rings. The number of ether oxygens (including phenoxy) is 1. The summed E-state index contributed by atoms with van der Waals surface area (Å²) in [5, 5.41) is 21.8. The number of furan rings is 1. The third-order valence-electron chi connectivity index (χ3n) is 4.31. The molecule has 1 heterocycles. The number of aliphatic hydroxyl groups is 1. The Bertz CT molecular complexity index is 778. The Labute approximate surface area is 146 Å². The van der Waals surface area contributed by atoms with Crippen LogP contribution in [0.25, 0.3) is 0 Å². The van der Waals surface area contributed by atoms with Crippen LogP contribution in [0.1, 0.15) is 47.6 Å². The number of benzene rings is 1.